The largest absolute Gasteiger partial charge is 0.465 e. The van der Waals surface area contributed by atoms with Gasteiger partial charge in [-0.25, -0.2) is 0 Å². The fraction of sp³-hybridized carbons (Fsp3) is 0.778. The van der Waals surface area contributed by atoms with E-state index in [9.17, 15) is 9.59 Å². The van der Waals surface area contributed by atoms with E-state index < -0.39 is 11.8 Å². The molecule has 3 unspecified atom stereocenters. The molecule has 0 saturated carbocycles. The Morgan fingerprint density at radius 2 is 1.59 bits per heavy atom. The zero-order valence-electron chi connectivity index (χ0n) is 14.7. The molecule has 4 heteroatoms. The van der Waals surface area contributed by atoms with Gasteiger partial charge in [0.1, 0.15) is 0 Å². The van der Waals surface area contributed by atoms with Gasteiger partial charge in [0.05, 0.1) is 25.0 Å². The fourth-order valence-corrected chi connectivity index (χ4v) is 2.59. The first kappa shape index (κ1) is 18.7. The minimum atomic E-state index is -0.441. The van der Waals surface area contributed by atoms with Gasteiger partial charge in [0.2, 0.25) is 0 Å². The van der Waals surface area contributed by atoms with Gasteiger partial charge < -0.3 is 9.47 Å². The molecule has 0 aromatic rings. The van der Waals surface area contributed by atoms with Crippen molar-refractivity contribution in [1.29, 1.82) is 0 Å². The molecule has 0 spiro atoms. The molecule has 126 valence electrons. The lowest BCUT2D eigenvalue weighted by atomic mass is 9.73. The van der Waals surface area contributed by atoms with Gasteiger partial charge in [-0.15, -0.1) is 0 Å². The molecule has 0 aromatic heterocycles. The van der Waals surface area contributed by atoms with E-state index in [0.29, 0.717) is 19.6 Å². The van der Waals surface area contributed by atoms with Gasteiger partial charge in [0.15, 0.2) is 0 Å². The van der Waals surface area contributed by atoms with E-state index in [-0.39, 0.29) is 29.7 Å². The summed E-state index contributed by atoms with van der Waals surface area (Å²) in [5.41, 5.74) is 1.14. The molecular weight excluding hydrogens is 280 g/mol. The maximum Gasteiger partial charge on any atom is 0.310 e. The molecule has 0 radical (unpaired) electrons. The first-order valence-corrected chi connectivity index (χ1v) is 8.23. The zero-order chi connectivity index (χ0) is 16.9. The summed E-state index contributed by atoms with van der Waals surface area (Å²) in [4.78, 5) is 24.8. The molecule has 0 N–H and O–H groups in total. The number of esters is 2. The minimum absolute atomic E-state index is 0.00464. The van der Waals surface area contributed by atoms with Crippen LogP contribution >= 0.6 is 0 Å². The van der Waals surface area contributed by atoms with Crippen LogP contribution in [0.4, 0.5) is 0 Å². The molecule has 0 aliphatic heterocycles. The molecule has 1 aliphatic carbocycles. The summed E-state index contributed by atoms with van der Waals surface area (Å²) in [6, 6.07) is 0. The quantitative estimate of drug-likeness (QED) is 0.555. The van der Waals surface area contributed by atoms with E-state index in [1.54, 1.807) is 0 Å². The van der Waals surface area contributed by atoms with Crippen LogP contribution in [0.15, 0.2) is 11.6 Å². The summed E-state index contributed by atoms with van der Waals surface area (Å²) < 4.78 is 10.8. The number of carbonyl (C=O) groups excluding carboxylic acids is 2. The van der Waals surface area contributed by atoms with Crippen molar-refractivity contribution >= 4 is 11.9 Å². The van der Waals surface area contributed by atoms with Crippen LogP contribution in [0.5, 0.6) is 0 Å². The third kappa shape index (κ3) is 5.15. The Hall–Kier alpha value is -1.32. The Bertz CT molecular complexity index is 423. The molecule has 0 fully saturated rings. The van der Waals surface area contributed by atoms with Gasteiger partial charge in [-0.05, 0) is 31.1 Å². The van der Waals surface area contributed by atoms with Crippen molar-refractivity contribution in [2.75, 3.05) is 13.2 Å². The Balaban J connectivity index is 2.83. The predicted molar refractivity (Wildman–Crippen MR) is 86.1 cm³/mol. The SMILES string of the molecule is CC1=CCC(C(=O)OCC(C)C)C(C(=O)OCC(C)C)C1C. The average molecular weight is 310 g/mol. The van der Waals surface area contributed by atoms with Crippen molar-refractivity contribution in [3.63, 3.8) is 0 Å². The highest BCUT2D eigenvalue weighted by molar-refractivity contribution is 5.83. The number of allylic oxidation sites excluding steroid dienone is 2. The number of hydrogen-bond acceptors (Lipinski definition) is 4. The van der Waals surface area contributed by atoms with Gasteiger partial charge in [-0.1, -0.05) is 46.3 Å². The monoisotopic (exact) mass is 310 g/mol. The lowest BCUT2D eigenvalue weighted by Crippen LogP contribution is -2.39. The number of rotatable bonds is 6. The lowest BCUT2D eigenvalue weighted by Gasteiger charge is -2.33. The molecular formula is C18H30O4. The number of ether oxygens (including phenoxy) is 2. The second-order valence-corrected chi connectivity index (χ2v) is 7.15. The van der Waals surface area contributed by atoms with Crippen molar-refractivity contribution < 1.29 is 19.1 Å². The Labute approximate surface area is 134 Å². The molecule has 0 amide bonds. The normalized spacial score (nSPS) is 25.1. The van der Waals surface area contributed by atoms with E-state index in [1.165, 1.54) is 0 Å². The first-order chi connectivity index (χ1) is 10.2. The maximum absolute atomic E-state index is 12.5. The van der Waals surface area contributed by atoms with E-state index in [4.69, 9.17) is 9.47 Å². The molecule has 0 heterocycles. The standard InChI is InChI=1S/C18H30O4/c1-11(2)9-21-17(19)15-8-7-13(5)14(6)16(15)18(20)22-10-12(3)4/h7,11-12,14-16H,8-10H2,1-6H3. The Morgan fingerprint density at radius 3 is 2.09 bits per heavy atom. The second-order valence-electron chi connectivity index (χ2n) is 7.15. The van der Waals surface area contributed by atoms with E-state index in [2.05, 4.69) is 0 Å². The predicted octanol–water partition coefficient (Wildman–Crippen LogP) is 3.60. The van der Waals surface area contributed by atoms with Crippen molar-refractivity contribution in [3.05, 3.63) is 11.6 Å². The Morgan fingerprint density at radius 1 is 1.09 bits per heavy atom. The van der Waals surface area contributed by atoms with Gasteiger partial charge in [-0.2, -0.15) is 0 Å². The second kappa shape index (κ2) is 8.35. The summed E-state index contributed by atoms with van der Waals surface area (Å²) in [6.07, 6.45) is 2.59. The third-order valence-corrected chi connectivity index (χ3v) is 4.08. The maximum atomic E-state index is 12.5. The van der Waals surface area contributed by atoms with Crippen molar-refractivity contribution in [1.82, 2.24) is 0 Å². The summed E-state index contributed by atoms with van der Waals surface area (Å²) in [5, 5.41) is 0. The van der Waals surface area contributed by atoms with Crippen molar-refractivity contribution in [2.24, 2.45) is 29.6 Å². The average Bonchev–Trinajstić information content (AvgIpc) is 2.44. The van der Waals surface area contributed by atoms with Gasteiger partial charge >= 0.3 is 11.9 Å². The molecule has 22 heavy (non-hydrogen) atoms. The number of carbonyl (C=O) groups is 2. The van der Waals surface area contributed by atoms with Crippen molar-refractivity contribution in [3.8, 4) is 0 Å². The van der Waals surface area contributed by atoms with Crippen LogP contribution in [-0.4, -0.2) is 25.2 Å². The smallest absolute Gasteiger partial charge is 0.310 e. The lowest BCUT2D eigenvalue weighted by molar-refractivity contribution is -0.164. The van der Waals surface area contributed by atoms with Crippen molar-refractivity contribution in [2.45, 2.75) is 48.0 Å². The summed E-state index contributed by atoms with van der Waals surface area (Å²) in [5.74, 6) is -0.860. The topological polar surface area (TPSA) is 52.6 Å². The number of hydrogen-bond donors (Lipinski definition) is 0. The molecule has 0 saturated heterocycles. The summed E-state index contributed by atoms with van der Waals surface area (Å²) in [6.45, 7) is 12.7. The van der Waals surface area contributed by atoms with Crippen LogP contribution < -0.4 is 0 Å². The van der Waals surface area contributed by atoms with Crippen LogP contribution in [0.25, 0.3) is 0 Å². The summed E-state index contributed by atoms with van der Waals surface area (Å²) in [7, 11) is 0. The molecule has 0 aromatic carbocycles. The Kier molecular flexibility index (Phi) is 7.11. The van der Waals surface area contributed by atoms with Crippen LogP contribution in [0.1, 0.15) is 48.0 Å². The minimum Gasteiger partial charge on any atom is -0.465 e. The van der Waals surface area contributed by atoms with E-state index in [0.717, 1.165) is 5.57 Å². The third-order valence-electron chi connectivity index (χ3n) is 4.08. The van der Waals surface area contributed by atoms with Gasteiger partial charge in [0, 0.05) is 0 Å². The highest BCUT2D eigenvalue weighted by Gasteiger charge is 2.42. The van der Waals surface area contributed by atoms with Gasteiger partial charge in [-0.3, -0.25) is 9.59 Å². The van der Waals surface area contributed by atoms with Gasteiger partial charge in [0.25, 0.3) is 0 Å². The van der Waals surface area contributed by atoms with Crippen LogP contribution in [0.2, 0.25) is 0 Å². The van der Waals surface area contributed by atoms with Crippen LogP contribution in [0, 0.1) is 29.6 Å². The molecule has 3 atom stereocenters. The highest BCUT2D eigenvalue weighted by Crippen LogP contribution is 2.36. The molecule has 0 bridgehead atoms. The fourth-order valence-electron chi connectivity index (χ4n) is 2.59. The first-order valence-electron chi connectivity index (χ1n) is 8.23. The highest BCUT2D eigenvalue weighted by atomic mass is 16.5. The van der Waals surface area contributed by atoms with Crippen LogP contribution in [-0.2, 0) is 19.1 Å². The molecule has 1 rings (SSSR count). The zero-order valence-corrected chi connectivity index (χ0v) is 14.7. The summed E-state index contributed by atoms with van der Waals surface area (Å²) >= 11 is 0. The van der Waals surface area contributed by atoms with E-state index >= 15 is 0 Å². The van der Waals surface area contributed by atoms with E-state index in [1.807, 2.05) is 47.6 Å². The molecule has 1 aliphatic rings. The van der Waals surface area contributed by atoms with Crippen LogP contribution in [0.3, 0.4) is 0 Å². The molecule has 4 nitrogen and oxygen atoms in total.